The van der Waals surface area contributed by atoms with E-state index in [2.05, 4.69) is 15.6 Å². The van der Waals surface area contributed by atoms with Crippen molar-refractivity contribution in [2.75, 3.05) is 5.32 Å². The van der Waals surface area contributed by atoms with E-state index in [9.17, 15) is 18.0 Å². The lowest BCUT2D eigenvalue weighted by molar-refractivity contribution is 0.246. The van der Waals surface area contributed by atoms with E-state index in [0.29, 0.717) is 11.5 Å². The molecular formula is C19H14ClF3N4O. The van der Waals surface area contributed by atoms with Gasteiger partial charge in [0.1, 0.15) is 23.3 Å². The standard InChI is InChI=1S/C19H14ClF3N4O/c20-10-7-14(22)16(15(23)8-10)13-9-27-6-5-24-18(27)17(13)26-19(28)25-12-3-1-11(21)2-4-12/h1-8,13,17H,9H2,(H2,25,26,28)/t13-,17-/m0/s1. The number of carbonyl (C=O) groups is 1. The first-order chi connectivity index (χ1) is 13.4. The molecule has 0 radical (unpaired) electrons. The van der Waals surface area contributed by atoms with Crippen LogP contribution >= 0.6 is 11.6 Å². The van der Waals surface area contributed by atoms with Gasteiger partial charge in [-0.05, 0) is 36.4 Å². The predicted octanol–water partition coefficient (Wildman–Crippen LogP) is 4.61. The number of urea groups is 1. The third-order valence-electron chi connectivity index (χ3n) is 4.62. The third kappa shape index (κ3) is 3.43. The van der Waals surface area contributed by atoms with Crippen molar-refractivity contribution in [3.63, 3.8) is 0 Å². The van der Waals surface area contributed by atoms with Crippen molar-refractivity contribution in [1.29, 1.82) is 0 Å². The number of hydrogen-bond acceptors (Lipinski definition) is 2. The number of benzene rings is 2. The van der Waals surface area contributed by atoms with Crippen molar-refractivity contribution < 1.29 is 18.0 Å². The Morgan fingerprint density at radius 2 is 1.82 bits per heavy atom. The summed E-state index contributed by atoms with van der Waals surface area (Å²) in [6.07, 6.45) is 3.22. The average Bonchev–Trinajstić information content (AvgIpc) is 3.19. The van der Waals surface area contributed by atoms with E-state index in [1.165, 1.54) is 24.3 Å². The Hall–Kier alpha value is -3.00. The molecule has 28 heavy (non-hydrogen) atoms. The summed E-state index contributed by atoms with van der Waals surface area (Å²) in [5.41, 5.74) is 0.211. The maximum Gasteiger partial charge on any atom is 0.319 e. The molecule has 3 aromatic rings. The molecule has 2 N–H and O–H groups in total. The van der Waals surface area contributed by atoms with E-state index in [4.69, 9.17) is 11.6 Å². The number of halogens is 4. The molecule has 0 aliphatic carbocycles. The molecule has 0 fully saturated rings. The van der Waals surface area contributed by atoms with Crippen molar-refractivity contribution in [1.82, 2.24) is 14.9 Å². The Morgan fingerprint density at radius 1 is 1.14 bits per heavy atom. The third-order valence-corrected chi connectivity index (χ3v) is 4.84. The fraction of sp³-hybridized carbons (Fsp3) is 0.158. The molecule has 0 spiro atoms. The van der Waals surface area contributed by atoms with E-state index in [0.717, 1.165) is 12.1 Å². The fourth-order valence-corrected chi connectivity index (χ4v) is 3.62. The second-order valence-electron chi connectivity index (χ2n) is 6.41. The van der Waals surface area contributed by atoms with Gasteiger partial charge >= 0.3 is 6.03 Å². The Kier molecular flexibility index (Phi) is 4.72. The number of anilines is 1. The van der Waals surface area contributed by atoms with Crippen LogP contribution in [0, 0.1) is 17.5 Å². The number of carbonyl (C=O) groups excluding carboxylic acids is 1. The highest BCUT2D eigenvalue weighted by atomic mass is 35.5. The molecule has 2 amide bonds. The van der Waals surface area contributed by atoms with Gasteiger partial charge in [0.25, 0.3) is 0 Å². The van der Waals surface area contributed by atoms with Gasteiger partial charge in [-0.1, -0.05) is 11.6 Å². The summed E-state index contributed by atoms with van der Waals surface area (Å²) in [5, 5.41) is 5.23. The summed E-state index contributed by atoms with van der Waals surface area (Å²) in [5.74, 6) is -2.23. The van der Waals surface area contributed by atoms with Crippen LogP contribution in [0.25, 0.3) is 0 Å². The number of nitrogens with zero attached hydrogens (tertiary/aromatic N) is 2. The molecule has 2 atom stereocenters. The molecule has 144 valence electrons. The minimum Gasteiger partial charge on any atom is -0.332 e. The summed E-state index contributed by atoms with van der Waals surface area (Å²) < 4.78 is 43.7. The van der Waals surface area contributed by atoms with Gasteiger partial charge in [-0.15, -0.1) is 0 Å². The molecule has 0 saturated carbocycles. The Balaban J connectivity index is 1.61. The first-order valence-corrected chi connectivity index (χ1v) is 8.78. The minimum atomic E-state index is -0.786. The fourth-order valence-electron chi connectivity index (χ4n) is 3.42. The summed E-state index contributed by atoms with van der Waals surface area (Å²) in [7, 11) is 0. The lowest BCUT2D eigenvalue weighted by Gasteiger charge is -2.21. The van der Waals surface area contributed by atoms with E-state index >= 15 is 0 Å². The molecule has 1 aliphatic heterocycles. The summed E-state index contributed by atoms with van der Waals surface area (Å²) in [6, 6.07) is 5.93. The van der Waals surface area contributed by atoms with Crippen LogP contribution in [0.5, 0.6) is 0 Å². The van der Waals surface area contributed by atoms with E-state index in [1.54, 1.807) is 17.0 Å². The van der Waals surface area contributed by atoms with Gasteiger partial charge in [0.05, 0.1) is 6.04 Å². The van der Waals surface area contributed by atoms with Crippen LogP contribution in [0.2, 0.25) is 5.02 Å². The Labute approximate surface area is 163 Å². The number of nitrogens with one attached hydrogen (secondary N) is 2. The zero-order valence-electron chi connectivity index (χ0n) is 14.3. The van der Waals surface area contributed by atoms with Crippen LogP contribution in [-0.4, -0.2) is 15.6 Å². The SMILES string of the molecule is O=C(Nc1ccc(F)cc1)N[C@@H]1c2nccn2C[C@H]1c1c(F)cc(Cl)cc1F. The molecule has 0 unspecified atom stereocenters. The number of hydrogen-bond donors (Lipinski definition) is 2. The van der Waals surface area contributed by atoms with Crippen molar-refractivity contribution in [3.8, 4) is 0 Å². The lowest BCUT2D eigenvalue weighted by atomic mass is 9.92. The first-order valence-electron chi connectivity index (χ1n) is 8.41. The van der Waals surface area contributed by atoms with Crippen LogP contribution < -0.4 is 10.6 Å². The van der Waals surface area contributed by atoms with Crippen LogP contribution in [0.15, 0.2) is 48.8 Å². The summed E-state index contributed by atoms with van der Waals surface area (Å²) >= 11 is 5.72. The molecule has 0 saturated heterocycles. The van der Waals surface area contributed by atoms with Gasteiger partial charge < -0.3 is 15.2 Å². The van der Waals surface area contributed by atoms with E-state index in [-0.39, 0.29) is 17.1 Å². The average molecular weight is 407 g/mol. The maximum atomic E-state index is 14.5. The highest BCUT2D eigenvalue weighted by Crippen LogP contribution is 2.40. The largest absolute Gasteiger partial charge is 0.332 e. The zero-order chi connectivity index (χ0) is 19.8. The second kappa shape index (κ2) is 7.20. The van der Waals surface area contributed by atoms with Gasteiger partial charge in [0.15, 0.2) is 0 Å². The van der Waals surface area contributed by atoms with Gasteiger partial charge in [0.2, 0.25) is 0 Å². The van der Waals surface area contributed by atoms with Crippen molar-refractivity contribution in [2.24, 2.45) is 0 Å². The summed E-state index contributed by atoms with van der Waals surface area (Å²) in [6.45, 7) is 0.242. The molecule has 1 aliphatic rings. The van der Waals surface area contributed by atoms with Crippen LogP contribution in [0.3, 0.4) is 0 Å². The van der Waals surface area contributed by atoms with Crippen LogP contribution in [0.1, 0.15) is 23.3 Å². The maximum absolute atomic E-state index is 14.5. The van der Waals surface area contributed by atoms with Gasteiger partial charge in [0, 0.05) is 41.1 Å². The van der Waals surface area contributed by atoms with Gasteiger partial charge in [-0.3, -0.25) is 0 Å². The van der Waals surface area contributed by atoms with Crippen LogP contribution in [-0.2, 0) is 6.54 Å². The molecule has 2 aromatic carbocycles. The number of amides is 2. The lowest BCUT2D eigenvalue weighted by Crippen LogP contribution is -2.35. The quantitative estimate of drug-likeness (QED) is 0.667. The van der Waals surface area contributed by atoms with Crippen LogP contribution in [0.4, 0.5) is 23.7 Å². The zero-order valence-corrected chi connectivity index (χ0v) is 15.1. The number of imidazole rings is 1. The van der Waals surface area contributed by atoms with E-state index in [1.807, 2.05) is 0 Å². The number of fused-ring (bicyclic) bond motifs is 1. The minimum absolute atomic E-state index is 0.0481. The van der Waals surface area contributed by atoms with Crippen molar-refractivity contribution >= 4 is 23.3 Å². The Morgan fingerprint density at radius 3 is 2.50 bits per heavy atom. The topological polar surface area (TPSA) is 59.0 Å². The van der Waals surface area contributed by atoms with Gasteiger partial charge in [-0.25, -0.2) is 22.9 Å². The predicted molar refractivity (Wildman–Crippen MR) is 97.6 cm³/mol. The Bertz CT molecular complexity index is 1010. The van der Waals surface area contributed by atoms with Crippen molar-refractivity contribution in [2.45, 2.75) is 18.5 Å². The summed E-state index contributed by atoms with van der Waals surface area (Å²) in [4.78, 5) is 16.6. The van der Waals surface area contributed by atoms with Crippen molar-refractivity contribution in [3.05, 3.63) is 82.7 Å². The highest BCUT2D eigenvalue weighted by molar-refractivity contribution is 6.30. The number of aromatic nitrogens is 2. The molecule has 4 rings (SSSR count). The molecular weight excluding hydrogens is 393 g/mol. The molecule has 0 bridgehead atoms. The molecule has 1 aromatic heterocycles. The highest BCUT2D eigenvalue weighted by Gasteiger charge is 2.39. The monoisotopic (exact) mass is 406 g/mol. The number of rotatable bonds is 3. The normalized spacial score (nSPS) is 18.0. The second-order valence-corrected chi connectivity index (χ2v) is 6.85. The molecule has 9 heteroatoms. The first kappa shape index (κ1) is 18.4. The van der Waals surface area contributed by atoms with E-state index < -0.39 is 35.4 Å². The smallest absolute Gasteiger partial charge is 0.319 e. The van der Waals surface area contributed by atoms with Gasteiger partial charge in [-0.2, -0.15) is 0 Å². The molecule has 5 nitrogen and oxygen atoms in total. The molecule has 2 heterocycles.